The Labute approximate surface area is 118 Å². The van der Waals surface area contributed by atoms with Crippen LogP contribution in [0, 0.1) is 5.41 Å². The molecule has 0 saturated carbocycles. The first-order valence-corrected chi connectivity index (χ1v) is 6.46. The number of hydrogen-bond acceptors (Lipinski definition) is 4. The highest BCUT2D eigenvalue weighted by atomic mass is 17.2. The van der Waals surface area contributed by atoms with Crippen molar-refractivity contribution in [1.82, 2.24) is 0 Å². The quantitative estimate of drug-likeness (QED) is 0.442. The summed E-state index contributed by atoms with van der Waals surface area (Å²) in [5.74, 6) is -2.06. The lowest BCUT2D eigenvalue weighted by molar-refractivity contribution is -0.290. The van der Waals surface area contributed by atoms with Crippen LogP contribution in [0.25, 0.3) is 0 Å². The molecule has 6 nitrogen and oxygen atoms in total. The van der Waals surface area contributed by atoms with Gasteiger partial charge in [-0.15, -0.1) is 0 Å². The summed E-state index contributed by atoms with van der Waals surface area (Å²) in [7, 11) is 0. The molecule has 1 atom stereocenters. The summed E-state index contributed by atoms with van der Waals surface area (Å²) in [5, 5.41) is 17.5. The van der Waals surface area contributed by atoms with Crippen molar-refractivity contribution in [3.05, 3.63) is 23.8 Å². The van der Waals surface area contributed by atoms with Gasteiger partial charge in [-0.05, 0) is 26.7 Å². The molecular weight excluding hydrogens is 264 g/mol. The Morgan fingerprint density at radius 2 is 1.95 bits per heavy atom. The van der Waals surface area contributed by atoms with Crippen LogP contribution in [0.2, 0.25) is 0 Å². The van der Waals surface area contributed by atoms with E-state index < -0.39 is 17.4 Å². The van der Waals surface area contributed by atoms with Crippen molar-refractivity contribution in [3.63, 3.8) is 0 Å². The molecule has 0 spiro atoms. The predicted octanol–water partition coefficient (Wildman–Crippen LogP) is 2.41. The Balaban J connectivity index is 0.000000441. The summed E-state index contributed by atoms with van der Waals surface area (Å²) in [6, 6.07) is 0. The molecule has 0 aromatic rings. The molecular formula is C14H22O6. The topological polar surface area (TPSA) is 93.1 Å². The van der Waals surface area contributed by atoms with E-state index in [1.54, 1.807) is 0 Å². The lowest BCUT2D eigenvalue weighted by Gasteiger charge is -2.23. The Hall–Kier alpha value is -1.66. The van der Waals surface area contributed by atoms with Crippen molar-refractivity contribution in [2.75, 3.05) is 13.2 Å². The summed E-state index contributed by atoms with van der Waals surface area (Å²) in [6.07, 6.45) is 5.45. The molecule has 0 aliphatic heterocycles. The second-order valence-electron chi connectivity index (χ2n) is 4.48. The molecule has 0 fully saturated rings. The number of allylic oxidation sites excluding steroid dienone is 2. The molecule has 0 saturated heterocycles. The Kier molecular flexibility index (Phi) is 8.51. The van der Waals surface area contributed by atoms with Gasteiger partial charge in [0, 0.05) is 5.57 Å². The molecule has 0 radical (unpaired) electrons. The van der Waals surface area contributed by atoms with Gasteiger partial charge in [-0.25, -0.2) is 14.6 Å². The Morgan fingerprint density at radius 3 is 2.40 bits per heavy atom. The van der Waals surface area contributed by atoms with E-state index in [1.807, 2.05) is 13.8 Å². The van der Waals surface area contributed by atoms with Gasteiger partial charge in [-0.2, -0.15) is 0 Å². The number of aliphatic carboxylic acids is 2. The zero-order chi connectivity index (χ0) is 15.6. The highest BCUT2D eigenvalue weighted by Crippen LogP contribution is 2.31. The van der Waals surface area contributed by atoms with Crippen molar-refractivity contribution in [1.29, 1.82) is 0 Å². The molecule has 114 valence electrons. The fourth-order valence-corrected chi connectivity index (χ4v) is 1.41. The van der Waals surface area contributed by atoms with Crippen molar-refractivity contribution >= 4 is 11.9 Å². The number of carbonyl (C=O) groups is 2. The minimum Gasteiger partial charge on any atom is -0.481 e. The lowest BCUT2D eigenvalue weighted by Crippen LogP contribution is -2.28. The van der Waals surface area contributed by atoms with E-state index in [1.165, 1.54) is 25.2 Å². The molecule has 0 amide bonds. The number of carboxylic acid groups (broad SMARTS) is 2. The molecule has 20 heavy (non-hydrogen) atoms. The molecule has 1 aliphatic carbocycles. The number of rotatable bonds is 6. The summed E-state index contributed by atoms with van der Waals surface area (Å²) in [6.45, 7) is 6.78. The largest absolute Gasteiger partial charge is 0.481 e. The molecule has 0 bridgehead atoms. The van der Waals surface area contributed by atoms with Crippen molar-refractivity contribution in [2.24, 2.45) is 5.41 Å². The third-order valence-electron chi connectivity index (χ3n) is 2.57. The summed E-state index contributed by atoms with van der Waals surface area (Å²) < 4.78 is 0. The monoisotopic (exact) mass is 286 g/mol. The van der Waals surface area contributed by atoms with Gasteiger partial charge in [-0.3, -0.25) is 4.79 Å². The molecule has 1 unspecified atom stereocenters. The van der Waals surface area contributed by atoms with Crippen LogP contribution >= 0.6 is 0 Å². The number of hydrogen-bond donors (Lipinski definition) is 2. The number of carboxylic acids is 2. The van der Waals surface area contributed by atoms with E-state index >= 15 is 0 Å². The van der Waals surface area contributed by atoms with E-state index in [9.17, 15) is 9.59 Å². The van der Waals surface area contributed by atoms with E-state index in [4.69, 9.17) is 10.2 Å². The molecule has 0 heterocycles. The average molecular weight is 286 g/mol. The van der Waals surface area contributed by atoms with E-state index in [0.717, 1.165) is 6.42 Å². The zero-order valence-electron chi connectivity index (χ0n) is 12.1. The van der Waals surface area contributed by atoms with E-state index in [2.05, 4.69) is 9.78 Å². The second kappa shape index (κ2) is 9.28. The van der Waals surface area contributed by atoms with Crippen LogP contribution in [0.5, 0.6) is 0 Å². The maximum Gasteiger partial charge on any atom is 0.331 e. The minimum absolute atomic E-state index is 0.0359. The standard InChI is InChI=1S/C9H10O4.C5H12O2/c1-9(8(12)13)4-2-3-6(5-9)7(10)11;1-3-5-7-6-4-2/h2-4H,5H2,1H3,(H,10,11)(H,12,13);3-5H2,1-2H3. The van der Waals surface area contributed by atoms with Gasteiger partial charge in [0.1, 0.15) is 0 Å². The van der Waals surface area contributed by atoms with Gasteiger partial charge in [0.25, 0.3) is 0 Å². The van der Waals surface area contributed by atoms with Crippen LogP contribution < -0.4 is 0 Å². The summed E-state index contributed by atoms with van der Waals surface area (Å²) in [4.78, 5) is 30.5. The van der Waals surface area contributed by atoms with Gasteiger partial charge in [0.05, 0.1) is 18.6 Å². The van der Waals surface area contributed by atoms with Gasteiger partial charge in [-0.1, -0.05) is 25.2 Å². The van der Waals surface area contributed by atoms with Gasteiger partial charge in [0.15, 0.2) is 0 Å². The lowest BCUT2D eigenvalue weighted by atomic mass is 9.80. The third kappa shape index (κ3) is 6.49. The highest BCUT2D eigenvalue weighted by molar-refractivity contribution is 5.90. The van der Waals surface area contributed by atoms with Crippen molar-refractivity contribution in [3.8, 4) is 0 Å². The maximum atomic E-state index is 10.8. The van der Waals surface area contributed by atoms with Crippen molar-refractivity contribution < 1.29 is 29.6 Å². The Bertz CT molecular complexity index is 381. The highest BCUT2D eigenvalue weighted by Gasteiger charge is 2.34. The molecule has 0 aromatic heterocycles. The molecule has 6 heteroatoms. The second-order valence-corrected chi connectivity index (χ2v) is 4.48. The van der Waals surface area contributed by atoms with Crippen LogP contribution in [0.15, 0.2) is 23.8 Å². The third-order valence-corrected chi connectivity index (χ3v) is 2.57. The average Bonchev–Trinajstić information content (AvgIpc) is 2.40. The van der Waals surface area contributed by atoms with Gasteiger partial charge < -0.3 is 10.2 Å². The summed E-state index contributed by atoms with van der Waals surface area (Å²) in [5.41, 5.74) is -0.949. The van der Waals surface area contributed by atoms with Crippen molar-refractivity contribution in [2.45, 2.75) is 33.6 Å². The van der Waals surface area contributed by atoms with Crippen LogP contribution in [0.3, 0.4) is 0 Å². The first-order valence-electron chi connectivity index (χ1n) is 6.46. The smallest absolute Gasteiger partial charge is 0.331 e. The zero-order valence-corrected chi connectivity index (χ0v) is 12.1. The summed E-state index contributed by atoms with van der Waals surface area (Å²) >= 11 is 0. The van der Waals surface area contributed by atoms with E-state index in [-0.39, 0.29) is 12.0 Å². The van der Waals surface area contributed by atoms with Crippen LogP contribution in [0.4, 0.5) is 0 Å². The van der Waals surface area contributed by atoms with Gasteiger partial charge >= 0.3 is 11.9 Å². The maximum absolute atomic E-state index is 10.8. The normalized spacial score (nSPS) is 20.6. The molecule has 0 aromatic carbocycles. The van der Waals surface area contributed by atoms with Crippen LogP contribution in [-0.4, -0.2) is 35.4 Å². The van der Waals surface area contributed by atoms with E-state index in [0.29, 0.717) is 13.2 Å². The van der Waals surface area contributed by atoms with Gasteiger partial charge in [0.2, 0.25) is 0 Å². The SMILES string of the molecule is CC1(C(=O)O)C=CC=C(C(=O)O)C1.CCCOOCC. The molecule has 1 rings (SSSR count). The van der Waals surface area contributed by atoms with Crippen LogP contribution in [-0.2, 0) is 19.4 Å². The van der Waals surface area contributed by atoms with Crippen LogP contribution in [0.1, 0.15) is 33.6 Å². The fourth-order valence-electron chi connectivity index (χ4n) is 1.41. The molecule has 2 N–H and O–H groups in total. The predicted molar refractivity (Wildman–Crippen MR) is 73.1 cm³/mol. The fraction of sp³-hybridized carbons (Fsp3) is 0.571. The Morgan fingerprint density at radius 1 is 1.30 bits per heavy atom. The first kappa shape index (κ1) is 18.3. The molecule has 1 aliphatic rings. The first-order chi connectivity index (χ1) is 9.37. The minimum atomic E-state index is -1.08.